The van der Waals surface area contributed by atoms with Gasteiger partial charge in [-0.15, -0.1) is 11.8 Å². The van der Waals surface area contributed by atoms with E-state index >= 15 is 0 Å². The number of benzene rings is 1. The molecule has 1 nitrogen and oxygen atoms in total. The van der Waals surface area contributed by atoms with Crippen LogP contribution in [0.4, 0.5) is 0 Å². The predicted molar refractivity (Wildman–Crippen MR) is 83.9 cm³/mol. The van der Waals surface area contributed by atoms with Crippen molar-refractivity contribution in [1.82, 2.24) is 5.32 Å². The van der Waals surface area contributed by atoms with E-state index in [-0.39, 0.29) is 0 Å². The lowest BCUT2D eigenvalue weighted by Gasteiger charge is -2.27. The molecule has 1 saturated carbocycles. The molecule has 2 aliphatic rings. The fourth-order valence-electron chi connectivity index (χ4n) is 3.44. The Labute approximate surface area is 121 Å². The summed E-state index contributed by atoms with van der Waals surface area (Å²) in [6.07, 6.45) is 5.47. The number of fused-ring (bicyclic) bond motifs is 1. The van der Waals surface area contributed by atoms with Crippen LogP contribution in [0.5, 0.6) is 0 Å². The SMILES string of the molecule is CCCNC(C)C1(CC2CSc3ccccc32)CC1. The van der Waals surface area contributed by atoms with E-state index in [1.54, 1.807) is 5.56 Å². The lowest BCUT2D eigenvalue weighted by molar-refractivity contribution is 0.315. The lowest BCUT2D eigenvalue weighted by atomic mass is 9.84. The Hall–Kier alpha value is -0.470. The number of thioether (sulfide) groups is 1. The molecule has 19 heavy (non-hydrogen) atoms. The summed E-state index contributed by atoms with van der Waals surface area (Å²) >= 11 is 2.05. The van der Waals surface area contributed by atoms with E-state index in [0.717, 1.165) is 5.92 Å². The van der Waals surface area contributed by atoms with Gasteiger partial charge in [-0.25, -0.2) is 0 Å². The van der Waals surface area contributed by atoms with Crippen LogP contribution >= 0.6 is 11.8 Å². The highest BCUT2D eigenvalue weighted by molar-refractivity contribution is 7.99. The average Bonchev–Trinajstić information content (AvgIpc) is 3.12. The topological polar surface area (TPSA) is 12.0 Å². The Morgan fingerprint density at radius 1 is 1.37 bits per heavy atom. The van der Waals surface area contributed by atoms with E-state index in [2.05, 4.69) is 55.2 Å². The summed E-state index contributed by atoms with van der Waals surface area (Å²) in [7, 11) is 0. The molecule has 1 heterocycles. The second kappa shape index (κ2) is 5.49. The molecule has 0 radical (unpaired) electrons. The van der Waals surface area contributed by atoms with E-state index in [4.69, 9.17) is 0 Å². The van der Waals surface area contributed by atoms with Gasteiger partial charge in [0.25, 0.3) is 0 Å². The number of hydrogen-bond acceptors (Lipinski definition) is 2. The smallest absolute Gasteiger partial charge is 0.0107 e. The minimum absolute atomic E-state index is 0.595. The first-order valence-electron chi connectivity index (χ1n) is 7.70. The fourth-order valence-corrected chi connectivity index (χ4v) is 4.70. The van der Waals surface area contributed by atoms with E-state index in [0.29, 0.717) is 11.5 Å². The van der Waals surface area contributed by atoms with Crippen molar-refractivity contribution < 1.29 is 0 Å². The summed E-state index contributed by atoms with van der Waals surface area (Å²) < 4.78 is 0. The van der Waals surface area contributed by atoms with Crippen LogP contribution in [0.3, 0.4) is 0 Å². The maximum Gasteiger partial charge on any atom is 0.0107 e. The van der Waals surface area contributed by atoms with Crippen molar-refractivity contribution in [3.8, 4) is 0 Å². The Kier molecular flexibility index (Phi) is 3.91. The van der Waals surface area contributed by atoms with Gasteiger partial charge in [-0.05, 0) is 62.1 Å². The van der Waals surface area contributed by atoms with Crippen molar-refractivity contribution in [2.75, 3.05) is 12.3 Å². The molecule has 1 fully saturated rings. The van der Waals surface area contributed by atoms with Crippen LogP contribution in [0, 0.1) is 5.41 Å². The Balaban J connectivity index is 1.66. The highest BCUT2D eigenvalue weighted by atomic mass is 32.2. The van der Waals surface area contributed by atoms with E-state index in [1.165, 1.54) is 42.9 Å². The predicted octanol–water partition coefficient (Wildman–Crippen LogP) is 4.43. The average molecular weight is 275 g/mol. The Bertz CT molecular complexity index is 439. The molecule has 2 atom stereocenters. The van der Waals surface area contributed by atoms with E-state index in [1.807, 2.05) is 0 Å². The first-order valence-corrected chi connectivity index (χ1v) is 8.69. The summed E-state index contributed by atoms with van der Waals surface area (Å²) in [4.78, 5) is 1.53. The molecule has 0 amide bonds. The summed E-state index contributed by atoms with van der Waals surface area (Å²) in [6, 6.07) is 9.70. The quantitative estimate of drug-likeness (QED) is 0.824. The van der Waals surface area contributed by atoms with Crippen molar-refractivity contribution in [3.63, 3.8) is 0 Å². The van der Waals surface area contributed by atoms with Gasteiger partial charge < -0.3 is 5.32 Å². The Morgan fingerprint density at radius 2 is 2.16 bits per heavy atom. The third-order valence-electron chi connectivity index (χ3n) is 4.96. The molecule has 1 aromatic carbocycles. The molecular formula is C17H25NS. The van der Waals surface area contributed by atoms with Crippen molar-refractivity contribution in [2.45, 2.75) is 56.4 Å². The normalized spacial score (nSPS) is 25.1. The van der Waals surface area contributed by atoms with Crippen molar-refractivity contribution >= 4 is 11.8 Å². The van der Waals surface area contributed by atoms with Gasteiger partial charge in [-0.1, -0.05) is 25.1 Å². The molecule has 0 saturated heterocycles. The first kappa shape index (κ1) is 13.5. The van der Waals surface area contributed by atoms with Gasteiger partial charge >= 0.3 is 0 Å². The van der Waals surface area contributed by atoms with Gasteiger partial charge in [0.1, 0.15) is 0 Å². The third kappa shape index (κ3) is 2.71. The second-order valence-corrected chi connectivity index (χ2v) is 7.35. The number of nitrogens with one attached hydrogen (secondary N) is 1. The zero-order valence-corrected chi connectivity index (χ0v) is 12.9. The van der Waals surface area contributed by atoms with Crippen LogP contribution in [0.1, 0.15) is 51.0 Å². The zero-order valence-electron chi connectivity index (χ0n) is 12.1. The molecule has 0 spiro atoms. The van der Waals surface area contributed by atoms with Crippen LogP contribution in [0.25, 0.3) is 0 Å². The number of hydrogen-bond donors (Lipinski definition) is 1. The van der Waals surface area contributed by atoms with Gasteiger partial charge in [0, 0.05) is 16.7 Å². The standard InChI is InChI=1S/C17H25NS/c1-3-10-18-13(2)17(8-9-17)11-14-12-19-16-7-5-4-6-15(14)16/h4-7,13-14,18H,3,8-12H2,1-2H3. The minimum atomic E-state index is 0.595. The molecule has 1 aliphatic carbocycles. The monoisotopic (exact) mass is 275 g/mol. The van der Waals surface area contributed by atoms with E-state index in [9.17, 15) is 0 Å². The molecule has 1 aliphatic heterocycles. The fraction of sp³-hybridized carbons (Fsp3) is 0.647. The molecule has 104 valence electrons. The first-order chi connectivity index (χ1) is 9.25. The molecule has 1 N–H and O–H groups in total. The van der Waals surface area contributed by atoms with Crippen molar-refractivity contribution in [2.24, 2.45) is 5.41 Å². The summed E-state index contributed by atoms with van der Waals surface area (Å²) in [5, 5.41) is 3.73. The second-order valence-electron chi connectivity index (χ2n) is 6.29. The highest BCUT2D eigenvalue weighted by Crippen LogP contribution is 2.57. The lowest BCUT2D eigenvalue weighted by Crippen LogP contribution is -2.36. The molecule has 3 rings (SSSR count). The maximum atomic E-state index is 3.73. The molecule has 2 unspecified atom stereocenters. The summed E-state index contributed by atoms with van der Waals surface area (Å²) in [6.45, 7) is 5.82. The zero-order chi connectivity index (χ0) is 13.3. The van der Waals surface area contributed by atoms with E-state index < -0.39 is 0 Å². The Morgan fingerprint density at radius 3 is 2.89 bits per heavy atom. The van der Waals surface area contributed by atoms with Crippen LogP contribution < -0.4 is 5.32 Å². The molecule has 1 aromatic rings. The maximum absolute atomic E-state index is 3.73. The largest absolute Gasteiger partial charge is 0.314 e. The third-order valence-corrected chi connectivity index (χ3v) is 6.21. The minimum Gasteiger partial charge on any atom is -0.314 e. The summed E-state index contributed by atoms with van der Waals surface area (Å²) in [5.74, 6) is 2.08. The van der Waals surface area contributed by atoms with Gasteiger partial charge in [-0.3, -0.25) is 0 Å². The molecule has 0 bridgehead atoms. The van der Waals surface area contributed by atoms with Crippen molar-refractivity contribution in [3.05, 3.63) is 29.8 Å². The highest BCUT2D eigenvalue weighted by Gasteiger charge is 2.48. The van der Waals surface area contributed by atoms with Crippen molar-refractivity contribution in [1.29, 1.82) is 0 Å². The molecule has 2 heteroatoms. The van der Waals surface area contributed by atoms with Gasteiger partial charge in [-0.2, -0.15) is 0 Å². The van der Waals surface area contributed by atoms with Gasteiger partial charge in [0.2, 0.25) is 0 Å². The number of rotatable bonds is 6. The van der Waals surface area contributed by atoms with Gasteiger partial charge in [0.15, 0.2) is 0 Å². The van der Waals surface area contributed by atoms with Crippen LogP contribution in [0.15, 0.2) is 29.2 Å². The van der Waals surface area contributed by atoms with Gasteiger partial charge in [0.05, 0.1) is 0 Å². The molecular weight excluding hydrogens is 250 g/mol. The summed E-state index contributed by atoms with van der Waals surface area (Å²) in [5.41, 5.74) is 2.21. The van der Waals surface area contributed by atoms with Crippen LogP contribution in [-0.2, 0) is 0 Å². The van der Waals surface area contributed by atoms with Crippen LogP contribution in [0.2, 0.25) is 0 Å². The van der Waals surface area contributed by atoms with Crippen LogP contribution in [-0.4, -0.2) is 18.3 Å². The molecule has 0 aromatic heterocycles.